The highest BCUT2D eigenvalue weighted by Crippen LogP contribution is 2.20. The first-order chi connectivity index (χ1) is 13.9. The lowest BCUT2D eigenvalue weighted by molar-refractivity contribution is -0.119. The van der Waals surface area contributed by atoms with E-state index in [1.165, 1.54) is 11.8 Å². The van der Waals surface area contributed by atoms with Crippen LogP contribution >= 0.6 is 11.8 Å². The number of nitrogens with one attached hydrogen (secondary N) is 1. The van der Waals surface area contributed by atoms with Crippen LogP contribution in [0.4, 0.5) is 5.69 Å². The zero-order chi connectivity index (χ0) is 21.0. The second-order valence-corrected chi connectivity index (χ2v) is 7.33. The van der Waals surface area contributed by atoms with Crippen molar-refractivity contribution in [3.8, 4) is 5.69 Å². The zero-order valence-corrected chi connectivity index (χ0v) is 17.5. The van der Waals surface area contributed by atoms with Crippen molar-refractivity contribution < 1.29 is 14.3 Å². The van der Waals surface area contributed by atoms with Crippen LogP contribution < -0.4 is 5.32 Å². The van der Waals surface area contributed by atoms with Crippen molar-refractivity contribution >= 4 is 29.3 Å². The number of benzene rings is 2. The first-order valence-corrected chi connectivity index (χ1v) is 10.2. The summed E-state index contributed by atoms with van der Waals surface area (Å²) in [4.78, 5) is 24.4. The zero-order valence-electron chi connectivity index (χ0n) is 16.7. The van der Waals surface area contributed by atoms with Gasteiger partial charge in [-0.2, -0.15) is 0 Å². The maximum absolute atomic E-state index is 12.3. The molecule has 0 fully saturated rings. The number of hydrogen-bond donors (Lipinski definition) is 1. The van der Waals surface area contributed by atoms with Gasteiger partial charge in [0.15, 0.2) is 11.8 Å². The van der Waals surface area contributed by atoms with E-state index in [1.807, 2.05) is 49.8 Å². The second kappa shape index (κ2) is 8.91. The molecule has 1 heterocycles. The van der Waals surface area contributed by atoms with Crippen molar-refractivity contribution in [3.05, 3.63) is 65.0 Å². The first-order valence-electron chi connectivity index (χ1n) is 8.99. The van der Waals surface area contributed by atoms with Gasteiger partial charge in [0.2, 0.25) is 0 Å². The summed E-state index contributed by atoms with van der Waals surface area (Å²) in [5.41, 5.74) is 3.91. The van der Waals surface area contributed by atoms with Crippen molar-refractivity contribution in [3.63, 3.8) is 0 Å². The monoisotopic (exact) mass is 410 g/mol. The molecule has 0 atom stereocenters. The minimum Gasteiger partial charge on any atom is -0.452 e. The van der Waals surface area contributed by atoms with Gasteiger partial charge in [-0.15, -0.1) is 10.2 Å². The number of aryl methyl sites for hydroxylation is 3. The summed E-state index contributed by atoms with van der Waals surface area (Å²) >= 11 is 1.49. The molecular weight excluding hydrogens is 388 g/mol. The highest BCUT2D eigenvalue weighted by atomic mass is 32.2. The van der Waals surface area contributed by atoms with Crippen LogP contribution in [0.15, 0.2) is 47.6 Å². The molecule has 1 amide bonds. The summed E-state index contributed by atoms with van der Waals surface area (Å²) in [5.74, 6) is -0.181. The van der Waals surface area contributed by atoms with Gasteiger partial charge in [-0.25, -0.2) is 4.79 Å². The number of nitrogens with zero attached hydrogens (tertiary/aromatic N) is 3. The number of rotatable bonds is 6. The van der Waals surface area contributed by atoms with Crippen LogP contribution in [-0.4, -0.2) is 39.5 Å². The number of carbonyl (C=O) groups is 2. The van der Waals surface area contributed by atoms with E-state index in [9.17, 15) is 9.59 Å². The van der Waals surface area contributed by atoms with E-state index in [4.69, 9.17) is 4.74 Å². The second-order valence-electron chi connectivity index (χ2n) is 6.56. The average Bonchev–Trinajstić information content (AvgIpc) is 3.09. The predicted molar refractivity (Wildman–Crippen MR) is 113 cm³/mol. The molecule has 7 nitrogen and oxygen atoms in total. The Bertz CT molecular complexity index is 1040. The van der Waals surface area contributed by atoms with Crippen molar-refractivity contribution in [1.82, 2.24) is 14.8 Å². The van der Waals surface area contributed by atoms with Crippen molar-refractivity contribution in [2.45, 2.75) is 25.9 Å². The third kappa shape index (κ3) is 4.83. The van der Waals surface area contributed by atoms with Crippen LogP contribution in [0.3, 0.4) is 0 Å². The van der Waals surface area contributed by atoms with Gasteiger partial charge < -0.3 is 10.1 Å². The molecule has 8 heteroatoms. The van der Waals surface area contributed by atoms with E-state index < -0.39 is 5.97 Å². The minimum atomic E-state index is -0.557. The molecule has 0 saturated heterocycles. The van der Waals surface area contributed by atoms with Gasteiger partial charge in [-0.05, 0) is 68.5 Å². The van der Waals surface area contributed by atoms with Gasteiger partial charge >= 0.3 is 5.97 Å². The van der Waals surface area contributed by atoms with E-state index in [2.05, 4.69) is 15.5 Å². The van der Waals surface area contributed by atoms with Crippen LogP contribution in [0.25, 0.3) is 5.69 Å². The van der Waals surface area contributed by atoms with Crippen LogP contribution in [0.2, 0.25) is 0 Å². The third-order valence-electron chi connectivity index (χ3n) is 4.34. The Morgan fingerprint density at radius 2 is 1.79 bits per heavy atom. The molecular formula is C21H22N4O3S. The number of aromatic nitrogens is 3. The predicted octanol–water partition coefficient (Wildman–Crippen LogP) is 3.71. The quantitative estimate of drug-likeness (QED) is 0.492. The third-order valence-corrected chi connectivity index (χ3v) is 4.97. The molecule has 2 aromatic carbocycles. The highest BCUT2D eigenvalue weighted by molar-refractivity contribution is 7.98. The summed E-state index contributed by atoms with van der Waals surface area (Å²) in [6, 6.07) is 12.7. The van der Waals surface area contributed by atoms with Gasteiger partial charge in [-0.3, -0.25) is 9.36 Å². The van der Waals surface area contributed by atoms with Gasteiger partial charge in [-0.1, -0.05) is 23.9 Å². The number of ether oxygens (including phenoxy) is 1. The Hall–Kier alpha value is -3.13. The van der Waals surface area contributed by atoms with Gasteiger partial charge in [0.05, 0.1) is 5.56 Å². The molecule has 0 bridgehead atoms. The molecule has 29 heavy (non-hydrogen) atoms. The van der Waals surface area contributed by atoms with Gasteiger partial charge in [0.1, 0.15) is 5.82 Å². The summed E-state index contributed by atoms with van der Waals surface area (Å²) in [7, 11) is 0. The van der Waals surface area contributed by atoms with E-state index in [0.717, 1.165) is 27.8 Å². The number of anilines is 1. The number of esters is 1. The lowest BCUT2D eigenvalue weighted by Gasteiger charge is -2.10. The Morgan fingerprint density at radius 1 is 1.07 bits per heavy atom. The molecule has 1 aromatic heterocycles. The van der Waals surface area contributed by atoms with E-state index in [-0.39, 0.29) is 12.5 Å². The Morgan fingerprint density at radius 3 is 2.48 bits per heavy atom. The molecule has 0 aliphatic carbocycles. The largest absolute Gasteiger partial charge is 0.452 e. The molecule has 0 radical (unpaired) electrons. The molecule has 0 unspecified atom stereocenters. The summed E-state index contributed by atoms with van der Waals surface area (Å²) in [6.45, 7) is 5.36. The maximum Gasteiger partial charge on any atom is 0.338 e. The SMILES string of the molecule is CSc1nnc(C)n1-c1ccc(C(=O)OCC(=O)Nc2cc(C)ccc2C)cc1. The number of amides is 1. The fourth-order valence-corrected chi connectivity index (χ4v) is 3.33. The van der Waals surface area contributed by atoms with Gasteiger partial charge in [0.25, 0.3) is 5.91 Å². The molecule has 1 N–H and O–H groups in total. The lowest BCUT2D eigenvalue weighted by Crippen LogP contribution is -2.21. The average molecular weight is 410 g/mol. The topological polar surface area (TPSA) is 86.1 Å². The Labute approximate surface area is 173 Å². The summed E-state index contributed by atoms with van der Waals surface area (Å²) < 4.78 is 7.05. The molecule has 0 aliphatic rings. The van der Waals surface area contributed by atoms with Crippen molar-refractivity contribution in [2.75, 3.05) is 18.2 Å². The molecule has 3 aromatic rings. The fraction of sp³-hybridized carbons (Fsp3) is 0.238. The minimum absolute atomic E-state index is 0.352. The summed E-state index contributed by atoms with van der Waals surface area (Å²) in [6.07, 6.45) is 1.93. The number of hydrogen-bond acceptors (Lipinski definition) is 6. The van der Waals surface area contributed by atoms with E-state index >= 15 is 0 Å². The maximum atomic E-state index is 12.3. The van der Waals surface area contributed by atoms with Crippen molar-refractivity contribution in [1.29, 1.82) is 0 Å². The first kappa shape index (κ1) is 20.6. The molecule has 150 valence electrons. The van der Waals surface area contributed by atoms with Crippen LogP contribution in [-0.2, 0) is 9.53 Å². The van der Waals surface area contributed by atoms with Crippen molar-refractivity contribution in [2.24, 2.45) is 0 Å². The Kier molecular flexibility index (Phi) is 6.33. The molecule has 0 saturated carbocycles. The smallest absolute Gasteiger partial charge is 0.338 e. The highest BCUT2D eigenvalue weighted by Gasteiger charge is 2.13. The Balaban J connectivity index is 1.61. The van der Waals surface area contributed by atoms with Crippen LogP contribution in [0.5, 0.6) is 0 Å². The standard InChI is InChI=1S/C21H22N4O3S/c1-13-5-6-14(2)18(11-13)22-19(26)12-28-20(27)16-7-9-17(10-8-16)25-15(3)23-24-21(25)29-4/h5-11H,12H2,1-4H3,(H,22,26). The van der Waals surface area contributed by atoms with Crippen LogP contribution in [0.1, 0.15) is 27.3 Å². The number of carbonyl (C=O) groups excluding carboxylic acids is 2. The lowest BCUT2D eigenvalue weighted by atomic mass is 10.1. The molecule has 0 spiro atoms. The van der Waals surface area contributed by atoms with E-state index in [0.29, 0.717) is 11.3 Å². The van der Waals surface area contributed by atoms with E-state index in [1.54, 1.807) is 24.3 Å². The normalized spacial score (nSPS) is 10.6. The molecule has 3 rings (SSSR count). The fourth-order valence-electron chi connectivity index (χ4n) is 2.79. The summed E-state index contributed by atoms with van der Waals surface area (Å²) in [5, 5.41) is 11.7. The number of thioether (sulfide) groups is 1. The van der Waals surface area contributed by atoms with Gasteiger partial charge in [0, 0.05) is 11.4 Å². The van der Waals surface area contributed by atoms with Crippen LogP contribution in [0, 0.1) is 20.8 Å². The molecule has 0 aliphatic heterocycles.